The van der Waals surface area contributed by atoms with Crippen LogP contribution < -0.4 is 10.1 Å². The van der Waals surface area contributed by atoms with Gasteiger partial charge in [0.2, 0.25) is 0 Å². The molecular formula is C20H18N2O4S. The van der Waals surface area contributed by atoms with Crippen LogP contribution in [0.2, 0.25) is 0 Å². The molecule has 1 aliphatic heterocycles. The van der Waals surface area contributed by atoms with Crippen molar-refractivity contribution in [3.8, 4) is 5.75 Å². The lowest BCUT2D eigenvalue weighted by molar-refractivity contribution is -0.139. The quantitative estimate of drug-likeness (QED) is 0.745. The molecule has 27 heavy (non-hydrogen) atoms. The number of aliphatic carboxylic acids is 1. The highest BCUT2D eigenvalue weighted by atomic mass is 32.2. The number of carbonyl (C=O) groups excluding carboxylic acids is 1. The van der Waals surface area contributed by atoms with Gasteiger partial charge in [0.05, 0.1) is 10.6 Å². The highest BCUT2D eigenvalue weighted by molar-refractivity contribution is 8.18. The molecule has 138 valence electrons. The Bertz CT molecular complexity index is 903. The molecule has 1 aliphatic rings. The van der Waals surface area contributed by atoms with Crippen molar-refractivity contribution in [1.29, 1.82) is 0 Å². The van der Waals surface area contributed by atoms with Crippen LogP contribution in [0.3, 0.4) is 0 Å². The van der Waals surface area contributed by atoms with E-state index in [1.807, 2.05) is 24.3 Å². The van der Waals surface area contributed by atoms with E-state index in [1.165, 1.54) is 17.3 Å². The number of carboxylic acid groups (broad SMARTS) is 1. The number of ether oxygens (including phenoxy) is 1. The Labute approximate surface area is 161 Å². The van der Waals surface area contributed by atoms with Crippen LogP contribution in [0.25, 0.3) is 6.08 Å². The van der Waals surface area contributed by atoms with Crippen LogP contribution in [0.1, 0.15) is 18.1 Å². The van der Waals surface area contributed by atoms with E-state index in [0.717, 1.165) is 17.7 Å². The van der Waals surface area contributed by atoms with E-state index >= 15 is 0 Å². The van der Waals surface area contributed by atoms with Gasteiger partial charge in [0.15, 0.2) is 11.8 Å². The summed E-state index contributed by atoms with van der Waals surface area (Å²) in [7, 11) is 0. The van der Waals surface area contributed by atoms with E-state index in [-0.39, 0.29) is 5.91 Å². The number of nitrogens with one attached hydrogen (secondary N) is 1. The summed E-state index contributed by atoms with van der Waals surface area (Å²) < 4.78 is 5.09. The molecule has 1 saturated heterocycles. The third-order valence-corrected chi connectivity index (χ3v) is 4.68. The minimum absolute atomic E-state index is 0.199. The molecule has 0 spiro atoms. The molecule has 2 N–H and O–H groups in total. The number of aryl methyl sites for hydroxylation is 1. The molecule has 1 amide bonds. The van der Waals surface area contributed by atoms with E-state index in [0.29, 0.717) is 15.8 Å². The van der Waals surface area contributed by atoms with E-state index < -0.39 is 12.6 Å². The molecule has 1 heterocycles. The number of amides is 1. The van der Waals surface area contributed by atoms with Crippen molar-refractivity contribution in [2.45, 2.75) is 13.3 Å². The number of carboxylic acids is 1. The van der Waals surface area contributed by atoms with E-state index in [4.69, 9.17) is 9.84 Å². The van der Waals surface area contributed by atoms with Crippen LogP contribution >= 0.6 is 11.8 Å². The summed E-state index contributed by atoms with van der Waals surface area (Å²) in [5.41, 5.74) is 2.83. The molecule has 7 heteroatoms. The van der Waals surface area contributed by atoms with Crippen molar-refractivity contribution in [3.05, 3.63) is 64.6 Å². The highest BCUT2D eigenvalue weighted by Crippen LogP contribution is 2.28. The zero-order valence-electron chi connectivity index (χ0n) is 14.6. The van der Waals surface area contributed by atoms with Crippen molar-refractivity contribution in [3.63, 3.8) is 0 Å². The maximum absolute atomic E-state index is 12.2. The third kappa shape index (κ3) is 5.21. The second kappa shape index (κ2) is 8.55. The Morgan fingerprint density at radius 1 is 1.19 bits per heavy atom. The monoisotopic (exact) mass is 382 g/mol. The summed E-state index contributed by atoms with van der Waals surface area (Å²) in [4.78, 5) is 27.7. The first-order valence-electron chi connectivity index (χ1n) is 8.36. The summed E-state index contributed by atoms with van der Waals surface area (Å²) >= 11 is 1.28. The number of hydrogen-bond donors (Lipinski definition) is 2. The van der Waals surface area contributed by atoms with Crippen LogP contribution in [0, 0.1) is 0 Å². The van der Waals surface area contributed by atoms with Crippen LogP contribution in [-0.2, 0) is 16.0 Å². The number of benzene rings is 2. The van der Waals surface area contributed by atoms with Crippen molar-refractivity contribution < 1.29 is 19.4 Å². The normalized spacial score (nSPS) is 16.6. The van der Waals surface area contributed by atoms with Gasteiger partial charge in [-0.05, 0) is 59.7 Å². The Morgan fingerprint density at radius 3 is 2.52 bits per heavy atom. The fourth-order valence-corrected chi connectivity index (χ4v) is 3.20. The van der Waals surface area contributed by atoms with Gasteiger partial charge in [0, 0.05) is 0 Å². The molecule has 6 nitrogen and oxygen atoms in total. The summed E-state index contributed by atoms with van der Waals surface area (Å²) in [5, 5.41) is 11.9. The minimum atomic E-state index is -1.03. The van der Waals surface area contributed by atoms with Crippen LogP contribution in [-0.4, -0.2) is 28.8 Å². The molecule has 2 aromatic carbocycles. The Morgan fingerprint density at radius 2 is 1.89 bits per heavy atom. The summed E-state index contributed by atoms with van der Waals surface area (Å²) in [6.07, 6.45) is 2.72. The Hall–Kier alpha value is -3.06. The van der Waals surface area contributed by atoms with Crippen LogP contribution in [0.15, 0.2) is 58.4 Å². The predicted octanol–water partition coefficient (Wildman–Crippen LogP) is 3.60. The lowest BCUT2D eigenvalue weighted by Gasteiger charge is -2.03. The molecule has 3 rings (SSSR count). The van der Waals surface area contributed by atoms with Crippen molar-refractivity contribution in [2.75, 3.05) is 6.61 Å². The van der Waals surface area contributed by atoms with Gasteiger partial charge in [-0.2, -0.15) is 0 Å². The molecule has 0 saturated carbocycles. The molecule has 1 fully saturated rings. The smallest absolute Gasteiger partial charge is 0.341 e. The Balaban J connectivity index is 1.69. The van der Waals surface area contributed by atoms with Gasteiger partial charge in [-0.25, -0.2) is 9.79 Å². The summed E-state index contributed by atoms with van der Waals surface area (Å²) in [6.45, 7) is 1.70. The van der Waals surface area contributed by atoms with Gasteiger partial charge in [0.25, 0.3) is 5.91 Å². The number of aliphatic imine (C=N–C) groups is 1. The van der Waals surface area contributed by atoms with Crippen molar-refractivity contribution in [2.24, 2.45) is 4.99 Å². The number of hydrogen-bond acceptors (Lipinski definition) is 5. The second-order valence-electron chi connectivity index (χ2n) is 5.75. The first-order chi connectivity index (χ1) is 13.0. The minimum Gasteiger partial charge on any atom is -0.482 e. The SMILES string of the molecule is CCc1ccc(N=C2NC(=O)/C(=C/c3ccc(OCC(=O)O)cc3)S2)cc1. The maximum atomic E-state index is 12.2. The average molecular weight is 382 g/mol. The van der Waals surface area contributed by atoms with Crippen LogP contribution in [0.4, 0.5) is 5.69 Å². The molecule has 0 atom stereocenters. The number of amidine groups is 1. The summed E-state index contributed by atoms with van der Waals surface area (Å²) in [6, 6.07) is 14.7. The standard InChI is InChI=1S/C20H18N2O4S/c1-2-13-3-7-15(8-4-13)21-20-22-19(25)17(27-20)11-14-5-9-16(10-6-14)26-12-18(23)24/h3-11H,2,12H2,1H3,(H,23,24)(H,21,22,25)/b17-11-. The largest absolute Gasteiger partial charge is 0.482 e. The average Bonchev–Trinajstić information content (AvgIpc) is 3.00. The number of carbonyl (C=O) groups is 2. The second-order valence-corrected chi connectivity index (χ2v) is 6.78. The van der Waals surface area contributed by atoms with E-state index in [9.17, 15) is 9.59 Å². The fraction of sp³-hybridized carbons (Fsp3) is 0.150. The Kier molecular flexibility index (Phi) is 5.93. The van der Waals surface area contributed by atoms with Gasteiger partial charge in [-0.15, -0.1) is 0 Å². The number of nitrogens with zero attached hydrogens (tertiary/aromatic N) is 1. The number of rotatable bonds is 6. The zero-order valence-corrected chi connectivity index (χ0v) is 15.5. The predicted molar refractivity (Wildman–Crippen MR) is 106 cm³/mol. The van der Waals surface area contributed by atoms with Gasteiger partial charge in [-0.1, -0.05) is 31.2 Å². The molecular weight excluding hydrogens is 364 g/mol. The van der Waals surface area contributed by atoms with Crippen molar-refractivity contribution >= 4 is 40.6 Å². The van der Waals surface area contributed by atoms with E-state index in [2.05, 4.69) is 17.2 Å². The molecule has 0 bridgehead atoms. The molecule has 0 unspecified atom stereocenters. The maximum Gasteiger partial charge on any atom is 0.341 e. The molecule has 0 aliphatic carbocycles. The molecule has 2 aromatic rings. The lowest BCUT2D eigenvalue weighted by Crippen LogP contribution is -2.19. The molecule has 0 radical (unpaired) electrons. The first-order valence-corrected chi connectivity index (χ1v) is 9.18. The topological polar surface area (TPSA) is 88.0 Å². The van der Waals surface area contributed by atoms with Gasteiger partial charge >= 0.3 is 5.97 Å². The van der Waals surface area contributed by atoms with Gasteiger partial charge in [0.1, 0.15) is 5.75 Å². The fourth-order valence-electron chi connectivity index (χ4n) is 2.36. The van der Waals surface area contributed by atoms with Crippen molar-refractivity contribution in [1.82, 2.24) is 5.32 Å². The highest BCUT2D eigenvalue weighted by Gasteiger charge is 2.23. The van der Waals surface area contributed by atoms with Gasteiger partial charge < -0.3 is 15.2 Å². The van der Waals surface area contributed by atoms with Gasteiger partial charge in [-0.3, -0.25) is 4.79 Å². The third-order valence-electron chi connectivity index (χ3n) is 3.77. The number of thioether (sulfide) groups is 1. The zero-order chi connectivity index (χ0) is 19.2. The summed E-state index contributed by atoms with van der Waals surface area (Å²) in [5.74, 6) is -0.771. The van der Waals surface area contributed by atoms with E-state index in [1.54, 1.807) is 30.3 Å². The molecule has 0 aromatic heterocycles. The van der Waals surface area contributed by atoms with Crippen LogP contribution in [0.5, 0.6) is 5.75 Å². The first kappa shape index (κ1) is 18.7. The lowest BCUT2D eigenvalue weighted by atomic mass is 10.2.